The molecule has 29 heavy (non-hydrogen) atoms. The van der Waals surface area contributed by atoms with E-state index in [0.717, 1.165) is 10.2 Å². The summed E-state index contributed by atoms with van der Waals surface area (Å²) in [5, 5.41) is 0.467. The number of rotatable bonds is 4. The predicted octanol–water partition coefficient (Wildman–Crippen LogP) is 3.18. The van der Waals surface area contributed by atoms with Gasteiger partial charge in [-0.1, -0.05) is 0 Å². The molecule has 1 amide bonds. The molecule has 8 heteroatoms. The Morgan fingerprint density at radius 1 is 1.31 bits per heavy atom. The average Bonchev–Trinajstić information content (AvgIpc) is 3.18. The van der Waals surface area contributed by atoms with E-state index >= 15 is 0 Å². The van der Waals surface area contributed by atoms with E-state index in [1.807, 2.05) is 24.5 Å². The minimum Gasteiger partial charge on any atom is -0.472 e. The molecule has 1 fully saturated rings. The molecule has 3 aromatic rings. The fourth-order valence-corrected chi connectivity index (χ4v) is 3.77. The molecule has 0 bridgehead atoms. The van der Waals surface area contributed by atoms with Crippen LogP contribution in [0.5, 0.6) is 5.88 Å². The maximum atomic E-state index is 13.1. The highest BCUT2D eigenvalue weighted by Gasteiger charge is 2.30. The number of carbonyl (C=O) groups is 1. The maximum Gasteiger partial charge on any atom is 0.259 e. The van der Waals surface area contributed by atoms with Crippen LogP contribution < -0.4 is 10.2 Å². The van der Waals surface area contributed by atoms with E-state index in [1.54, 1.807) is 35.5 Å². The van der Waals surface area contributed by atoms with Gasteiger partial charge in [0.15, 0.2) is 0 Å². The smallest absolute Gasteiger partial charge is 0.259 e. The second kappa shape index (κ2) is 7.94. The van der Waals surface area contributed by atoms with Gasteiger partial charge < -0.3 is 14.2 Å². The topological polar surface area (TPSA) is 77.3 Å². The molecule has 0 aliphatic carbocycles. The van der Waals surface area contributed by atoms with E-state index in [-0.39, 0.29) is 23.0 Å². The van der Waals surface area contributed by atoms with E-state index in [0.29, 0.717) is 43.0 Å². The molecule has 1 unspecified atom stereocenters. The summed E-state index contributed by atoms with van der Waals surface area (Å²) in [5.74, 6) is 0.252. The molecule has 4 rings (SSSR count). The van der Waals surface area contributed by atoms with Gasteiger partial charge >= 0.3 is 0 Å². The largest absolute Gasteiger partial charge is 0.472 e. The molecule has 0 aromatic carbocycles. The highest BCUT2D eigenvalue weighted by atomic mass is 79.9. The average molecular weight is 457 g/mol. The molecule has 7 nitrogen and oxygen atoms in total. The maximum absolute atomic E-state index is 13.1. The number of hydrogen-bond donors (Lipinski definition) is 0. The molecule has 0 saturated carbocycles. The van der Waals surface area contributed by atoms with Gasteiger partial charge in [-0.3, -0.25) is 9.59 Å². The van der Waals surface area contributed by atoms with Crippen molar-refractivity contribution in [1.82, 2.24) is 19.4 Å². The Labute approximate surface area is 176 Å². The second-order valence-electron chi connectivity index (χ2n) is 7.08. The predicted molar refractivity (Wildman–Crippen MR) is 113 cm³/mol. The van der Waals surface area contributed by atoms with Crippen molar-refractivity contribution >= 4 is 32.9 Å². The van der Waals surface area contributed by atoms with E-state index in [9.17, 15) is 9.59 Å². The van der Waals surface area contributed by atoms with Crippen LogP contribution in [0.1, 0.15) is 29.4 Å². The van der Waals surface area contributed by atoms with Gasteiger partial charge in [-0.2, -0.15) is 0 Å². The van der Waals surface area contributed by atoms with Gasteiger partial charge in [0.25, 0.3) is 5.91 Å². The van der Waals surface area contributed by atoms with Crippen molar-refractivity contribution in [3.05, 3.63) is 62.6 Å². The number of ether oxygens (including phenoxy) is 1. The first-order valence-electron chi connectivity index (χ1n) is 9.54. The van der Waals surface area contributed by atoms with Crippen LogP contribution in [0.2, 0.25) is 0 Å². The molecular weight excluding hydrogens is 436 g/mol. The number of aromatic nitrogens is 3. The molecule has 1 aliphatic heterocycles. The summed E-state index contributed by atoms with van der Waals surface area (Å²) >= 11 is 3.35. The number of likely N-dealkylation sites (tertiary alicyclic amines) is 1. The van der Waals surface area contributed by atoms with Crippen molar-refractivity contribution < 1.29 is 9.53 Å². The summed E-state index contributed by atoms with van der Waals surface area (Å²) in [6, 6.07) is 7.19. The van der Waals surface area contributed by atoms with Gasteiger partial charge in [-0.15, -0.1) is 0 Å². The fourth-order valence-electron chi connectivity index (χ4n) is 3.54. The normalized spacial score (nSPS) is 16.4. The van der Waals surface area contributed by atoms with Crippen LogP contribution in [0.3, 0.4) is 0 Å². The minimum absolute atomic E-state index is 0.147. The molecule has 0 spiro atoms. The third-order valence-electron chi connectivity index (χ3n) is 5.05. The van der Waals surface area contributed by atoms with Crippen molar-refractivity contribution in [3.8, 4) is 5.88 Å². The van der Waals surface area contributed by atoms with E-state index in [2.05, 4.69) is 25.9 Å². The van der Waals surface area contributed by atoms with Crippen LogP contribution >= 0.6 is 15.9 Å². The Morgan fingerprint density at radius 2 is 2.14 bits per heavy atom. The lowest BCUT2D eigenvalue weighted by atomic mass is 10.1. The van der Waals surface area contributed by atoms with Crippen LogP contribution in [-0.2, 0) is 6.54 Å². The van der Waals surface area contributed by atoms with Crippen LogP contribution in [0, 0.1) is 6.92 Å². The van der Waals surface area contributed by atoms with E-state index in [4.69, 9.17) is 4.74 Å². The van der Waals surface area contributed by atoms with Crippen molar-refractivity contribution in [2.45, 2.75) is 32.9 Å². The number of amides is 1. The van der Waals surface area contributed by atoms with Gasteiger partial charge in [0.05, 0.1) is 11.9 Å². The Kier molecular flexibility index (Phi) is 5.36. The Morgan fingerprint density at radius 3 is 2.86 bits per heavy atom. The standard InChI is InChI=1S/C21H21BrN4O3/c1-3-25-12-17(19(27)16-6-4-13(2)24-20(16)25)21(28)26-9-8-15(11-26)29-18-7-5-14(22)10-23-18/h4-7,10,12,15H,3,8-9,11H2,1-2H3. The first-order chi connectivity index (χ1) is 14.0. The minimum atomic E-state index is -0.277. The Bertz CT molecular complexity index is 1130. The van der Waals surface area contributed by atoms with Crippen LogP contribution in [0.15, 0.2) is 45.9 Å². The number of nitrogens with zero attached hydrogens (tertiary/aromatic N) is 4. The van der Waals surface area contributed by atoms with Gasteiger partial charge in [0, 0.05) is 48.1 Å². The molecular formula is C21H21BrN4O3. The first-order valence-corrected chi connectivity index (χ1v) is 10.3. The molecule has 1 saturated heterocycles. The summed E-state index contributed by atoms with van der Waals surface area (Å²) < 4.78 is 8.62. The Hall–Kier alpha value is -2.74. The number of fused-ring (bicyclic) bond motifs is 1. The fraction of sp³-hybridized carbons (Fsp3) is 0.333. The van der Waals surface area contributed by atoms with Gasteiger partial charge in [0.1, 0.15) is 17.3 Å². The molecule has 4 heterocycles. The lowest BCUT2D eigenvalue weighted by Gasteiger charge is -2.18. The zero-order valence-electron chi connectivity index (χ0n) is 16.3. The monoisotopic (exact) mass is 456 g/mol. The molecule has 0 radical (unpaired) electrons. The quantitative estimate of drug-likeness (QED) is 0.602. The lowest BCUT2D eigenvalue weighted by Crippen LogP contribution is -2.34. The Balaban J connectivity index is 1.57. The van der Waals surface area contributed by atoms with Crippen molar-refractivity contribution in [2.24, 2.45) is 0 Å². The zero-order valence-corrected chi connectivity index (χ0v) is 17.8. The number of halogens is 1. The number of aryl methyl sites for hydroxylation is 2. The third-order valence-corrected chi connectivity index (χ3v) is 5.52. The molecule has 150 valence electrons. The van der Waals surface area contributed by atoms with E-state index in [1.165, 1.54) is 0 Å². The summed E-state index contributed by atoms with van der Waals surface area (Å²) in [7, 11) is 0. The van der Waals surface area contributed by atoms with Crippen LogP contribution in [0.25, 0.3) is 11.0 Å². The van der Waals surface area contributed by atoms with Gasteiger partial charge in [0.2, 0.25) is 11.3 Å². The van der Waals surface area contributed by atoms with Crippen molar-refractivity contribution in [2.75, 3.05) is 13.1 Å². The highest BCUT2D eigenvalue weighted by molar-refractivity contribution is 9.10. The number of pyridine rings is 3. The van der Waals surface area contributed by atoms with E-state index < -0.39 is 0 Å². The van der Waals surface area contributed by atoms with Crippen molar-refractivity contribution in [3.63, 3.8) is 0 Å². The summed E-state index contributed by atoms with van der Waals surface area (Å²) in [4.78, 5) is 36.4. The van der Waals surface area contributed by atoms with Gasteiger partial charge in [-0.25, -0.2) is 9.97 Å². The SMILES string of the molecule is CCn1cc(C(=O)N2CCC(Oc3ccc(Br)cn3)C2)c(=O)c2ccc(C)nc21. The number of hydrogen-bond acceptors (Lipinski definition) is 5. The molecule has 1 atom stereocenters. The lowest BCUT2D eigenvalue weighted by molar-refractivity contribution is 0.0769. The van der Waals surface area contributed by atoms with Crippen molar-refractivity contribution in [1.29, 1.82) is 0 Å². The van der Waals surface area contributed by atoms with Gasteiger partial charge in [-0.05, 0) is 48.0 Å². The molecule has 0 N–H and O–H groups in total. The zero-order chi connectivity index (χ0) is 20.5. The first kappa shape index (κ1) is 19.6. The third kappa shape index (κ3) is 3.89. The number of carbonyl (C=O) groups excluding carboxylic acids is 1. The summed E-state index contributed by atoms with van der Waals surface area (Å²) in [6.45, 7) is 5.43. The second-order valence-corrected chi connectivity index (χ2v) is 7.99. The highest BCUT2D eigenvalue weighted by Crippen LogP contribution is 2.20. The molecule has 1 aliphatic rings. The summed E-state index contributed by atoms with van der Waals surface area (Å²) in [6.07, 6.45) is 3.85. The van der Waals surface area contributed by atoms with Crippen LogP contribution in [0.4, 0.5) is 0 Å². The molecule has 3 aromatic heterocycles. The summed E-state index contributed by atoms with van der Waals surface area (Å²) in [5.41, 5.74) is 1.34. The van der Waals surface area contributed by atoms with Crippen LogP contribution in [-0.4, -0.2) is 44.5 Å².